The Bertz CT molecular complexity index is 3710. The van der Waals surface area contributed by atoms with Crippen LogP contribution in [0.15, 0.2) is 0 Å². The standard InChI is InChI=1S/C119H224N8O20.C3H8/c1-37-41-44-47-50-53-57-141-125-114(25,26)64-91(65-115(125,27)28)137-82-86(128)78-120-104(5,6)70-94(71-105(120,7)8)144-100(132)60-98(102(134)146-96-74-108(13,14)122(109(15,16)75-96)80-88(130)84-136-90-62-112(21,22)124(140-56-40-4)113(23,24)63-90)99(103(135)147-97-76-110(17,18)123(111(19,20)77-97)81-89(131)85-139-93-68-118(33,34)127(119(35,36)69-93)143-59-55-52-49-46-43-39-3)61-101(133)145-95-72-106(9,10)121(107(11,12)73-95)79-87(129)83-138-92-66-116(29,30)126(117(31,32)67-92)142-58-54-51-48-45-42-38-2;1-3-2/h86-99,128-131H,37-85H2,1-36H3;3H2,1-2H3. The van der Waals surface area contributed by atoms with Crippen molar-refractivity contribution in [2.45, 2.75) is 669 Å². The number of piperidine rings is 8. The monoisotopic (exact) mass is 2130 g/mol. The Morgan fingerprint density at radius 3 is 0.580 bits per heavy atom. The molecule has 0 aromatic heterocycles. The van der Waals surface area contributed by atoms with Crippen LogP contribution in [0, 0.1) is 11.8 Å². The maximum atomic E-state index is 16.4. The molecule has 6 atom stereocenters. The lowest BCUT2D eigenvalue weighted by atomic mass is 9.77. The second-order valence-electron chi connectivity index (χ2n) is 57.6. The number of unbranched alkanes of at least 4 members (excludes halogenated alkanes) is 15. The highest BCUT2D eigenvalue weighted by atomic mass is 16.7. The van der Waals surface area contributed by atoms with Gasteiger partial charge in [-0.1, -0.05) is 144 Å². The molecule has 8 fully saturated rings. The highest BCUT2D eigenvalue weighted by molar-refractivity contribution is 5.89. The van der Waals surface area contributed by atoms with Gasteiger partial charge in [-0.3, -0.25) is 58.1 Å². The van der Waals surface area contributed by atoms with Gasteiger partial charge in [0, 0.05) is 166 Å². The van der Waals surface area contributed by atoms with Crippen LogP contribution in [0.1, 0.15) is 507 Å². The normalized spacial score (nSPS) is 25.7. The van der Waals surface area contributed by atoms with Crippen molar-refractivity contribution in [3.8, 4) is 0 Å². The molecule has 8 rings (SSSR count). The van der Waals surface area contributed by atoms with Crippen LogP contribution >= 0.6 is 0 Å². The first-order valence-corrected chi connectivity index (χ1v) is 60.1. The first kappa shape index (κ1) is 134. The van der Waals surface area contributed by atoms with Crippen LogP contribution in [-0.2, 0) is 76.4 Å². The molecule has 0 aliphatic carbocycles. The van der Waals surface area contributed by atoms with Gasteiger partial charge in [-0.2, -0.15) is 20.3 Å². The average molecular weight is 2130 g/mol. The number of aliphatic hydroxyl groups excluding tert-OH is 4. The number of rotatable bonds is 58. The van der Waals surface area contributed by atoms with E-state index in [2.05, 4.69) is 303 Å². The molecule has 8 saturated heterocycles. The summed E-state index contributed by atoms with van der Waals surface area (Å²) in [4.78, 5) is 99.6. The molecule has 4 N–H and O–H groups in total. The summed E-state index contributed by atoms with van der Waals surface area (Å²) in [5, 5.41) is 57.3. The Morgan fingerprint density at radius 1 is 0.227 bits per heavy atom. The molecule has 880 valence electrons. The summed E-state index contributed by atoms with van der Waals surface area (Å²) >= 11 is 0. The van der Waals surface area contributed by atoms with Crippen LogP contribution in [0.2, 0.25) is 0 Å². The molecule has 8 heterocycles. The van der Waals surface area contributed by atoms with E-state index in [9.17, 15) is 20.4 Å². The van der Waals surface area contributed by atoms with Crippen LogP contribution in [0.3, 0.4) is 0 Å². The number of hydrogen-bond acceptors (Lipinski definition) is 28. The molecular formula is C122H232N8O20. The summed E-state index contributed by atoms with van der Waals surface area (Å²) in [6, 6.07) is 0. The Kier molecular flexibility index (Phi) is 50.5. The molecule has 28 heteroatoms. The van der Waals surface area contributed by atoms with E-state index >= 15 is 19.2 Å². The zero-order valence-corrected chi connectivity index (χ0v) is 103. The van der Waals surface area contributed by atoms with E-state index in [0.29, 0.717) is 90.6 Å². The average Bonchev–Trinajstić information content (AvgIpc) is 0.764. The van der Waals surface area contributed by atoms with Crippen molar-refractivity contribution < 1.29 is 96.8 Å². The quantitative estimate of drug-likeness (QED) is 0.0250. The van der Waals surface area contributed by atoms with Crippen LogP contribution < -0.4 is 0 Å². The topological polar surface area (TPSA) is 286 Å². The number of carbonyl (C=O) groups is 4. The number of carbonyl (C=O) groups excluding carboxylic acids is 4. The van der Waals surface area contributed by atoms with Gasteiger partial charge in [0.25, 0.3) is 0 Å². The smallest absolute Gasteiger partial charge is 0.310 e. The Morgan fingerprint density at radius 2 is 0.393 bits per heavy atom. The number of nitrogens with zero attached hydrogens (tertiary/aromatic N) is 8. The second kappa shape index (κ2) is 56.6. The Balaban J connectivity index is 0.0000100. The molecule has 0 saturated carbocycles. The summed E-state index contributed by atoms with van der Waals surface area (Å²) in [5.74, 6) is -6.50. The summed E-state index contributed by atoms with van der Waals surface area (Å²) < 4.78 is 54.1. The zero-order valence-electron chi connectivity index (χ0n) is 103. The molecule has 8 aliphatic heterocycles. The predicted molar refractivity (Wildman–Crippen MR) is 602 cm³/mol. The fourth-order valence-electron chi connectivity index (χ4n) is 29.2. The lowest BCUT2D eigenvalue weighted by Gasteiger charge is -2.56. The number of likely N-dealkylation sites (tertiary alicyclic amines) is 4. The molecule has 150 heavy (non-hydrogen) atoms. The zero-order chi connectivity index (χ0) is 113. The molecule has 0 bridgehead atoms. The van der Waals surface area contributed by atoms with Crippen molar-refractivity contribution in [3.63, 3.8) is 0 Å². The first-order chi connectivity index (χ1) is 69.2. The molecule has 0 amide bonds. The van der Waals surface area contributed by atoms with Gasteiger partial charge in [0.2, 0.25) is 0 Å². The van der Waals surface area contributed by atoms with E-state index in [4.69, 9.17) is 57.2 Å². The van der Waals surface area contributed by atoms with Gasteiger partial charge in [0.15, 0.2) is 0 Å². The van der Waals surface area contributed by atoms with Crippen molar-refractivity contribution in [1.82, 2.24) is 39.9 Å². The van der Waals surface area contributed by atoms with Gasteiger partial charge in [-0.05, 0) is 299 Å². The maximum Gasteiger partial charge on any atom is 0.310 e. The number of hydroxylamine groups is 8. The van der Waals surface area contributed by atoms with Crippen molar-refractivity contribution >= 4 is 23.9 Å². The molecule has 0 spiro atoms. The summed E-state index contributed by atoms with van der Waals surface area (Å²) in [7, 11) is 0. The fraction of sp³-hybridized carbons (Fsp3) is 0.967. The third kappa shape index (κ3) is 39.5. The second-order valence-corrected chi connectivity index (χ2v) is 57.6. The lowest BCUT2D eigenvalue weighted by molar-refractivity contribution is -0.296. The Labute approximate surface area is 915 Å². The lowest BCUT2D eigenvalue weighted by Crippen LogP contribution is -2.64. The van der Waals surface area contributed by atoms with Crippen molar-refractivity contribution in [1.29, 1.82) is 0 Å². The number of esters is 4. The van der Waals surface area contributed by atoms with E-state index in [1.165, 1.54) is 83.5 Å². The number of ether oxygens (including phenoxy) is 8. The van der Waals surface area contributed by atoms with E-state index in [1.54, 1.807) is 0 Å². The highest BCUT2D eigenvalue weighted by Crippen LogP contribution is 2.51. The third-order valence-corrected chi connectivity index (χ3v) is 34.2. The first-order valence-electron chi connectivity index (χ1n) is 60.1. The van der Waals surface area contributed by atoms with E-state index in [1.807, 2.05) is 0 Å². The van der Waals surface area contributed by atoms with Crippen molar-refractivity contribution in [2.24, 2.45) is 11.8 Å². The molecule has 8 aliphatic rings. The molecular weight excluding hydrogens is 1900 g/mol. The minimum Gasteiger partial charge on any atom is -0.462 e. The SMILES string of the molecule is CCC.CCCCCCCCON1C(C)(C)CC(OCC(O)CN2C(C)(C)CC(OC(=O)CC(C(=O)OC3CC(C)(C)N(CC(O)COC4CC(C)(C)N(OCCC)C(C)(C)C4)C(C)(C)C3)C(CC(=O)OC3CC(C)(C)N(CC(O)COC4CC(C)(C)N(OCCCCCCCC)C(C)(C)C4)C(C)(C)C3)C(=O)OC3CC(C)(C)N(CC(O)COC4CC(C)(C)N(OCCCCCCCC)C(C)(C)C4)C(C)(C)C3)CC2(C)C)CC1(C)C. The van der Waals surface area contributed by atoms with Crippen molar-refractivity contribution in [3.05, 3.63) is 0 Å². The largest absolute Gasteiger partial charge is 0.462 e. The summed E-state index contributed by atoms with van der Waals surface area (Å²) in [6.07, 6.45) is 23.8. The molecule has 0 aromatic rings. The number of β-amino-alcohol motifs (C(OH)–C–C–N with tert-alkyl or cyclic N) is 4. The van der Waals surface area contributed by atoms with E-state index in [-0.39, 0.29) is 121 Å². The van der Waals surface area contributed by atoms with Crippen LogP contribution in [0.25, 0.3) is 0 Å². The molecule has 0 radical (unpaired) electrons. The number of hydrogen-bond donors (Lipinski definition) is 4. The van der Waals surface area contributed by atoms with Gasteiger partial charge in [-0.15, -0.1) is 0 Å². The minimum atomic E-state index is -1.64. The van der Waals surface area contributed by atoms with Gasteiger partial charge < -0.3 is 58.3 Å². The van der Waals surface area contributed by atoms with Crippen molar-refractivity contribution in [2.75, 3.05) is 79.0 Å². The Hall–Kier alpha value is -2.92. The molecule has 28 nitrogen and oxygen atoms in total. The number of aliphatic hydroxyl groups is 4. The van der Waals surface area contributed by atoms with Gasteiger partial charge >= 0.3 is 23.9 Å². The summed E-state index contributed by atoms with van der Waals surface area (Å²) in [5.41, 5.74) is -8.01. The van der Waals surface area contributed by atoms with Crippen LogP contribution in [-0.4, -0.2) is 325 Å². The van der Waals surface area contributed by atoms with E-state index < -0.39 is 142 Å². The van der Waals surface area contributed by atoms with Crippen LogP contribution in [0.5, 0.6) is 0 Å². The maximum absolute atomic E-state index is 16.4. The van der Waals surface area contributed by atoms with Gasteiger partial charge in [0.1, 0.15) is 24.4 Å². The highest BCUT2D eigenvalue weighted by Gasteiger charge is 2.58. The van der Waals surface area contributed by atoms with Crippen LogP contribution in [0.4, 0.5) is 0 Å². The fourth-order valence-corrected chi connectivity index (χ4v) is 29.2. The minimum absolute atomic E-state index is 0.106. The molecule has 6 unspecified atom stereocenters. The van der Waals surface area contributed by atoms with Gasteiger partial charge in [0.05, 0.1) is 126 Å². The predicted octanol–water partition coefficient (Wildman–Crippen LogP) is 23.5. The third-order valence-electron chi connectivity index (χ3n) is 34.2. The van der Waals surface area contributed by atoms with E-state index in [0.717, 1.165) is 83.5 Å². The summed E-state index contributed by atoms with van der Waals surface area (Å²) in [6.45, 7) is 86.0. The van der Waals surface area contributed by atoms with Gasteiger partial charge in [-0.25, -0.2) is 0 Å². The molecule has 0 aromatic carbocycles.